The lowest BCUT2D eigenvalue weighted by Crippen LogP contribution is -2.25. The SMILES string of the molecule is CC(C)=C(COC1CC2C=C[C@@H](C1)OCCO2)/C(=N\O)c1c(Cl)cccc1Cl. The summed E-state index contributed by atoms with van der Waals surface area (Å²) >= 11 is 12.6. The Kier molecular flexibility index (Phi) is 7.55. The Hall–Kier alpha value is -1.37. The highest BCUT2D eigenvalue weighted by Crippen LogP contribution is 2.29. The van der Waals surface area contributed by atoms with Gasteiger partial charge in [-0.05, 0) is 26.0 Å². The summed E-state index contributed by atoms with van der Waals surface area (Å²) in [4.78, 5) is 0. The molecule has 0 saturated heterocycles. The van der Waals surface area contributed by atoms with Gasteiger partial charge in [0.2, 0.25) is 0 Å². The molecule has 1 heterocycles. The molecule has 0 amide bonds. The average Bonchev–Trinajstić information content (AvgIpc) is 2.77. The maximum absolute atomic E-state index is 9.73. The minimum Gasteiger partial charge on any atom is -0.410 e. The summed E-state index contributed by atoms with van der Waals surface area (Å²) in [5.41, 5.74) is 2.53. The van der Waals surface area contributed by atoms with Crippen molar-refractivity contribution in [1.29, 1.82) is 0 Å². The van der Waals surface area contributed by atoms with Crippen LogP contribution in [0, 0.1) is 0 Å². The molecule has 0 aromatic heterocycles. The van der Waals surface area contributed by atoms with Gasteiger partial charge >= 0.3 is 0 Å². The largest absolute Gasteiger partial charge is 0.410 e. The molecule has 0 fully saturated rings. The number of hydrogen-bond donors (Lipinski definition) is 1. The summed E-state index contributed by atoms with van der Waals surface area (Å²) < 4.78 is 17.8. The molecular weight excluding hydrogens is 401 g/mol. The molecule has 152 valence electrons. The van der Waals surface area contributed by atoms with E-state index in [0.717, 1.165) is 24.0 Å². The number of benzene rings is 1. The van der Waals surface area contributed by atoms with Gasteiger partial charge in [0, 0.05) is 24.0 Å². The third-order valence-electron chi connectivity index (χ3n) is 4.93. The van der Waals surface area contributed by atoms with Crippen LogP contribution in [-0.2, 0) is 14.2 Å². The Balaban J connectivity index is 1.78. The molecule has 1 aliphatic heterocycles. The van der Waals surface area contributed by atoms with Crippen molar-refractivity contribution in [2.45, 2.75) is 45.0 Å². The van der Waals surface area contributed by atoms with Gasteiger partial charge in [-0.25, -0.2) is 0 Å². The van der Waals surface area contributed by atoms with Crippen molar-refractivity contribution in [2.75, 3.05) is 19.8 Å². The molecule has 28 heavy (non-hydrogen) atoms. The number of rotatable bonds is 5. The van der Waals surface area contributed by atoms with E-state index >= 15 is 0 Å². The normalized spacial score (nSPS) is 25.1. The van der Waals surface area contributed by atoms with Crippen LogP contribution in [0.25, 0.3) is 0 Å². The second-order valence-corrected chi connectivity index (χ2v) is 7.95. The van der Waals surface area contributed by atoms with Crippen LogP contribution < -0.4 is 0 Å². The van der Waals surface area contributed by atoms with Gasteiger partial charge in [0.15, 0.2) is 0 Å². The van der Waals surface area contributed by atoms with Crippen molar-refractivity contribution in [2.24, 2.45) is 5.16 Å². The fourth-order valence-electron chi connectivity index (χ4n) is 3.44. The second-order valence-electron chi connectivity index (χ2n) is 7.13. The van der Waals surface area contributed by atoms with Gasteiger partial charge in [0.05, 0.1) is 48.2 Å². The van der Waals surface area contributed by atoms with Gasteiger partial charge in [-0.1, -0.05) is 52.1 Å². The molecule has 1 aromatic rings. The van der Waals surface area contributed by atoms with Gasteiger partial charge in [0.25, 0.3) is 0 Å². The van der Waals surface area contributed by atoms with Crippen molar-refractivity contribution >= 4 is 28.9 Å². The van der Waals surface area contributed by atoms with E-state index in [0.29, 0.717) is 34.5 Å². The van der Waals surface area contributed by atoms with E-state index in [-0.39, 0.29) is 24.9 Å². The quantitative estimate of drug-likeness (QED) is 0.311. The van der Waals surface area contributed by atoms with Crippen LogP contribution in [0.1, 0.15) is 32.3 Å². The second kappa shape index (κ2) is 9.90. The van der Waals surface area contributed by atoms with E-state index in [1.807, 2.05) is 13.8 Å². The number of hydrogen-bond acceptors (Lipinski definition) is 5. The molecule has 3 atom stereocenters. The Labute approximate surface area is 175 Å². The van der Waals surface area contributed by atoms with Gasteiger partial charge in [-0.2, -0.15) is 0 Å². The van der Waals surface area contributed by atoms with Crippen molar-refractivity contribution in [3.63, 3.8) is 0 Å². The fourth-order valence-corrected chi connectivity index (χ4v) is 4.01. The first-order valence-electron chi connectivity index (χ1n) is 9.36. The van der Waals surface area contributed by atoms with E-state index in [9.17, 15) is 5.21 Å². The molecule has 2 unspecified atom stereocenters. The molecule has 2 bridgehead atoms. The first kappa shape index (κ1) is 21.3. The lowest BCUT2D eigenvalue weighted by molar-refractivity contribution is 0.00573. The number of fused-ring (bicyclic) bond motifs is 2. The molecule has 1 N–H and O–H groups in total. The zero-order valence-electron chi connectivity index (χ0n) is 16.0. The predicted octanol–water partition coefficient (Wildman–Crippen LogP) is 5.03. The number of halogens is 2. The molecule has 0 saturated carbocycles. The summed E-state index contributed by atoms with van der Waals surface area (Å²) in [6.45, 7) is 5.32. The maximum Gasteiger partial charge on any atom is 0.118 e. The summed E-state index contributed by atoms with van der Waals surface area (Å²) in [6, 6.07) is 5.18. The minimum atomic E-state index is -0.0425. The molecule has 5 nitrogen and oxygen atoms in total. The van der Waals surface area contributed by atoms with Gasteiger partial charge < -0.3 is 19.4 Å². The standard InChI is InChI=1S/C21H25Cl2NO4/c1-13(2)17(21(24-25)20-18(22)4-3-5-19(20)23)12-28-16-10-14-6-7-15(11-16)27-9-8-26-14/h3-7,14-16,25H,8-12H2,1-2H3/b24-21+/t14-,15?,16?/m0/s1. The molecule has 1 aromatic carbocycles. The zero-order chi connectivity index (χ0) is 20.1. The van der Waals surface area contributed by atoms with Crippen LogP contribution in [0.2, 0.25) is 10.0 Å². The molecule has 0 spiro atoms. The Morgan fingerprint density at radius 2 is 1.68 bits per heavy atom. The van der Waals surface area contributed by atoms with Crippen LogP contribution >= 0.6 is 23.2 Å². The summed E-state index contributed by atoms with van der Waals surface area (Å²) in [5.74, 6) is 0. The molecule has 7 heteroatoms. The van der Waals surface area contributed by atoms with Crippen LogP contribution in [0.4, 0.5) is 0 Å². The van der Waals surface area contributed by atoms with Crippen LogP contribution in [0.15, 0.2) is 46.7 Å². The van der Waals surface area contributed by atoms with E-state index in [2.05, 4.69) is 17.3 Å². The zero-order valence-corrected chi connectivity index (χ0v) is 17.5. The third kappa shape index (κ3) is 5.16. The van der Waals surface area contributed by atoms with Gasteiger partial charge in [-0.15, -0.1) is 0 Å². The fraction of sp³-hybridized carbons (Fsp3) is 0.476. The predicted molar refractivity (Wildman–Crippen MR) is 111 cm³/mol. The van der Waals surface area contributed by atoms with Crippen LogP contribution in [-0.4, -0.2) is 49.1 Å². The van der Waals surface area contributed by atoms with E-state index in [4.69, 9.17) is 37.4 Å². The summed E-state index contributed by atoms with van der Waals surface area (Å²) in [7, 11) is 0. The Bertz CT molecular complexity index is 748. The number of allylic oxidation sites excluding steroid dienone is 1. The van der Waals surface area contributed by atoms with E-state index in [1.165, 1.54) is 0 Å². The van der Waals surface area contributed by atoms with Crippen molar-refractivity contribution < 1.29 is 19.4 Å². The maximum atomic E-state index is 9.73. The first-order chi connectivity index (χ1) is 13.5. The lowest BCUT2D eigenvalue weighted by Gasteiger charge is -2.22. The molecule has 2 aliphatic rings. The third-order valence-corrected chi connectivity index (χ3v) is 5.56. The Morgan fingerprint density at radius 3 is 2.18 bits per heavy atom. The van der Waals surface area contributed by atoms with Gasteiger partial charge in [-0.3, -0.25) is 0 Å². The molecule has 0 radical (unpaired) electrons. The van der Waals surface area contributed by atoms with Crippen molar-refractivity contribution in [3.05, 3.63) is 57.1 Å². The molecule has 1 aliphatic carbocycles. The minimum absolute atomic E-state index is 0.0260. The molecular formula is C21H25Cl2NO4. The van der Waals surface area contributed by atoms with Crippen molar-refractivity contribution in [3.8, 4) is 0 Å². The highest BCUT2D eigenvalue weighted by atomic mass is 35.5. The lowest BCUT2D eigenvalue weighted by atomic mass is 9.99. The number of nitrogens with zero attached hydrogens (tertiary/aromatic N) is 1. The highest BCUT2D eigenvalue weighted by molar-refractivity contribution is 6.41. The van der Waals surface area contributed by atoms with E-state index in [1.54, 1.807) is 18.2 Å². The van der Waals surface area contributed by atoms with Gasteiger partial charge in [0.1, 0.15) is 5.71 Å². The van der Waals surface area contributed by atoms with Crippen LogP contribution in [0.3, 0.4) is 0 Å². The highest BCUT2D eigenvalue weighted by Gasteiger charge is 2.27. The smallest absolute Gasteiger partial charge is 0.118 e. The first-order valence-corrected chi connectivity index (χ1v) is 10.1. The monoisotopic (exact) mass is 425 g/mol. The summed E-state index contributed by atoms with van der Waals surface area (Å²) in [6.07, 6.45) is 5.63. The molecule has 3 rings (SSSR count). The number of ether oxygens (including phenoxy) is 3. The van der Waals surface area contributed by atoms with Crippen molar-refractivity contribution in [1.82, 2.24) is 0 Å². The Morgan fingerprint density at radius 1 is 1.11 bits per heavy atom. The van der Waals surface area contributed by atoms with E-state index < -0.39 is 0 Å². The summed E-state index contributed by atoms with van der Waals surface area (Å²) in [5, 5.41) is 14.1. The average molecular weight is 426 g/mol. The van der Waals surface area contributed by atoms with Crippen LogP contribution in [0.5, 0.6) is 0 Å². The number of oxime groups is 1. The topological polar surface area (TPSA) is 60.3 Å².